The number of carbonyl (C=O) groups excluding carboxylic acids is 3. The molecule has 47 heavy (non-hydrogen) atoms. The molecule has 1 aliphatic heterocycles. The maximum atomic E-state index is 14.9. The van der Waals surface area contributed by atoms with Crippen LogP contribution in [0.2, 0.25) is 0 Å². The quantitative estimate of drug-likeness (QED) is 0.156. The van der Waals surface area contributed by atoms with Gasteiger partial charge in [-0.3, -0.25) is 19.7 Å². The Balaban J connectivity index is 1.02. The maximum Gasteiger partial charge on any atom is 0.325 e. The molecule has 4 aromatic rings. The zero-order valence-electron chi connectivity index (χ0n) is 25.9. The van der Waals surface area contributed by atoms with Crippen molar-refractivity contribution in [3.63, 3.8) is 0 Å². The topological polar surface area (TPSA) is 147 Å². The van der Waals surface area contributed by atoms with Gasteiger partial charge >= 0.3 is 18.0 Å². The summed E-state index contributed by atoms with van der Waals surface area (Å²) in [4.78, 5) is 47.9. The Morgan fingerprint density at radius 1 is 0.957 bits per heavy atom. The molecular formula is C33H36FN7O5S. The normalized spacial score (nSPS) is 15.2. The van der Waals surface area contributed by atoms with Crippen LogP contribution in [-0.2, 0) is 16.1 Å². The number of hydrogen-bond acceptors (Lipinski definition) is 9. The number of likely N-dealkylation sites (tertiary alicyclic amines) is 1. The lowest BCUT2D eigenvalue weighted by molar-refractivity contribution is -0.141. The zero-order valence-corrected chi connectivity index (χ0v) is 26.7. The lowest BCUT2D eigenvalue weighted by Gasteiger charge is -2.32. The van der Waals surface area contributed by atoms with Crippen LogP contribution in [0.25, 0.3) is 20.8 Å². The number of aromatic nitrogens is 2. The number of anilines is 1. The third-order valence-corrected chi connectivity index (χ3v) is 8.96. The van der Waals surface area contributed by atoms with Crippen LogP contribution in [0.3, 0.4) is 0 Å². The molecule has 14 heteroatoms. The minimum absolute atomic E-state index is 0.0418. The van der Waals surface area contributed by atoms with Crippen molar-refractivity contribution in [2.75, 3.05) is 31.6 Å². The van der Waals surface area contributed by atoms with E-state index in [1.54, 1.807) is 25.3 Å². The third-order valence-electron chi connectivity index (χ3n) is 7.80. The van der Waals surface area contributed by atoms with Gasteiger partial charge in [-0.1, -0.05) is 6.07 Å². The highest BCUT2D eigenvalue weighted by atomic mass is 32.1. The molecule has 1 saturated heterocycles. The molecule has 1 aromatic carbocycles. The average Bonchev–Trinajstić information content (AvgIpc) is 3.76. The van der Waals surface area contributed by atoms with Gasteiger partial charge in [-0.05, 0) is 62.4 Å². The molecule has 4 N–H and O–H groups in total. The van der Waals surface area contributed by atoms with E-state index in [4.69, 9.17) is 14.5 Å². The van der Waals surface area contributed by atoms with Crippen LogP contribution >= 0.6 is 11.3 Å². The molecule has 2 aliphatic rings. The number of thiophene rings is 1. The summed E-state index contributed by atoms with van der Waals surface area (Å²) in [5, 5.41) is 10.9. The number of fused-ring (bicyclic) bond motifs is 1. The van der Waals surface area contributed by atoms with Gasteiger partial charge in [0.05, 0.1) is 27.4 Å². The molecule has 0 unspecified atom stereocenters. The molecule has 4 heterocycles. The molecule has 6 rings (SSSR count). The molecule has 2 fully saturated rings. The van der Waals surface area contributed by atoms with Crippen LogP contribution in [-0.4, -0.2) is 71.2 Å². The number of halogens is 1. The van der Waals surface area contributed by atoms with Gasteiger partial charge in [0, 0.05) is 61.9 Å². The van der Waals surface area contributed by atoms with Crippen molar-refractivity contribution in [1.29, 1.82) is 0 Å². The smallest absolute Gasteiger partial charge is 0.325 e. The Kier molecular flexibility index (Phi) is 10.1. The highest BCUT2D eigenvalue weighted by Gasteiger charge is 2.24. The van der Waals surface area contributed by atoms with Crippen molar-refractivity contribution in [3.05, 3.63) is 66.2 Å². The van der Waals surface area contributed by atoms with E-state index in [9.17, 15) is 18.8 Å². The summed E-state index contributed by atoms with van der Waals surface area (Å²) in [5.41, 5.74) is 2.94. The maximum absolute atomic E-state index is 14.9. The average molecular weight is 662 g/mol. The zero-order chi connectivity index (χ0) is 32.8. The highest BCUT2D eigenvalue weighted by Crippen LogP contribution is 2.39. The number of hydrogen-bond donors (Lipinski definition) is 4. The Morgan fingerprint density at radius 3 is 2.47 bits per heavy atom. The first-order valence-electron chi connectivity index (χ1n) is 15.6. The van der Waals surface area contributed by atoms with E-state index in [2.05, 4.69) is 37.2 Å². The first kappa shape index (κ1) is 32.1. The van der Waals surface area contributed by atoms with E-state index in [1.807, 2.05) is 18.3 Å². The van der Waals surface area contributed by atoms with Crippen molar-refractivity contribution < 1.29 is 28.2 Å². The van der Waals surface area contributed by atoms with Gasteiger partial charge in [0.25, 0.3) is 0 Å². The van der Waals surface area contributed by atoms with Gasteiger partial charge in [0.1, 0.15) is 12.3 Å². The number of rotatable bonds is 11. The molecule has 1 saturated carbocycles. The largest absolute Gasteiger partial charge is 0.465 e. The van der Waals surface area contributed by atoms with Gasteiger partial charge in [-0.15, -0.1) is 11.3 Å². The van der Waals surface area contributed by atoms with E-state index >= 15 is 0 Å². The summed E-state index contributed by atoms with van der Waals surface area (Å²) in [6.07, 6.45) is 7.03. The van der Waals surface area contributed by atoms with E-state index < -0.39 is 11.8 Å². The minimum Gasteiger partial charge on any atom is -0.465 e. The fraction of sp³-hybridized carbons (Fsp3) is 0.364. The van der Waals surface area contributed by atoms with Crippen LogP contribution in [0.1, 0.15) is 38.2 Å². The fourth-order valence-corrected chi connectivity index (χ4v) is 6.28. The first-order valence-corrected chi connectivity index (χ1v) is 16.5. The number of esters is 1. The van der Waals surface area contributed by atoms with Gasteiger partial charge in [0.2, 0.25) is 0 Å². The number of nitrogens with zero attached hydrogens (tertiary/aromatic N) is 3. The molecule has 3 aromatic heterocycles. The number of amides is 4. The van der Waals surface area contributed by atoms with Crippen molar-refractivity contribution in [3.8, 4) is 22.1 Å². The summed E-state index contributed by atoms with van der Waals surface area (Å²) < 4.78 is 26.5. The summed E-state index contributed by atoms with van der Waals surface area (Å²) in [7, 11) is 0. The van der Waals surface area contributed by atoms with Crippen molar-refractivity contribution in [1.82, 2.24) is 30.8 Å². The Hall–Kier alpha value is -4.82. The molecule has 246 valence electrons. The third kappa shape index (κ3) is 8.71. The predicted molar refractivity (Wildman–Crippen MR) is 176 cm³/mol. The molecule has 4 amide bonds. The van der Waals surface area contributed by atoms with Crippen molar-refractivity contribution >= 4 is 45.3 Å². The van der Waals surface area contributed by atoms with Gasteiger partial charge in [-0.2, -0.15) is 0 Å². The van der Waals surface area contributed by atoms with Crippen LogP contribution in [0, 0.1) is 5.82 Å². The minimum atomic E-state index is -0.592. The summed E-state index contributed by atoms with van der Waals surface area (Å²) in [6, 6.07) is 11.5. The van der Waals surface area contributed by atoms with Crippen LogP contribution in [0.5, 0.6) is 11.5 Å². The standard InChI is InChI=1S/C33H36FN7O5S/c1-2-45-30(42)18-37-32(43)38-22-10-13-41(14-11-22)19-20-3-7-25(36-17-20)29-16-26-31(47-29)28(9-12-35-26)46-27-8-6-23(15-24(27)34)40-33(44)39-21-4-5-21/h3,6-9,12,15-17,21-22H,2,4-5,10-11,13-14,18-19H2,1H3,(H2,37,38,43)(H2,39,40,44). The number of benzene rings is 1. The molecular weight excluding hydrogens is 625 g/mol. The fourth-order valence-electron chi connectivity index (χ4n) is 5.24. The first-order chi connectivity index (χ1) is 22.8. The second-order valence-corrected chi connectivity index (χ2v) is 12.5. The van der Waals surface area contributed by atoms with Crippen LogP contribution in [0.15, 0.2) is 54.9 Å². The molecule has 0 spiro atoms. The van der Waals surface area contributed by atoms with E-state index in [-0.39, 0.29) is 43.0 Å². The van der Waals surface area contributed by atoms with E-state index in [0.29, 0.717) is 11.4 Å². The Labute approximate surface area is 275 Å². The Morgan fingerprint density at radius 2 is 1.74 bits per heavy atom. The monoisotopic (exact) mass is 661 g/mol. The number of urea groups is 2. The second kappa shape index (κ2) is 14.7. The lowest BCUT2D eigenvalue weighted by Crippen LogP contribution is -2.48. The van der Waals surface area contributed by atoms with E-state index in [1.165, 1.54) is 23.5 Å². The lowest BCUT2D eigenvalue weighted by atomic mass is 10.0. The van der Waals surface area contributed by atoms with Crippen LogP contribution in [0.4, 0.5) is 19.7 Å². The number of carbonyl (C=O) groups is 3. The number of pyridine rings is 2. The highest BCUT2D eigenvalue weighted by molar-refractivity contribution is 7.22. The SMILES string of the molecule is CCOC(=O)CNC(=O)NC1CCN(Cc2ccc(-c3cc4nccc(Oc5ccc(NC(=O)NC6CC6)cc5F)c4s3)nc2)CC1. The number of piperidine rings is 1. The Bertz CT molecular complexity index is 1740. The molecule has 0 bridgehead atoms. The molecule has 0 radical (unpaired) electrons. The molecule has 1 aliphatic carbocycles. The molecule has 0 atom stereocenters. The summed E-state index contributed by atoms with van der Waals surface area (Å²) >= 11 is 1.47. The van der Waals surface area contributed by atoms with Crippen molar-refractivity contribution in [2.24, 2.45) is 0 Å². The van der Waals surface area contributed by atoms with Crippen LogP contribution < -0.4 is 26.0 Å². The van der Waals surface area contributed by atoms with Crippen molar-refractivity contribution in [2.45, 2.75) is 51.2 Å². The van der Waals surface area contributed by atoms with Gasteiger partial charge < -0.3 is 30.7 Å². The molecule has 12 nitrogen and oxygen atoms in total. The van der Waals surface area contributed by atoms with E-state index in [0.717, 1.165) is 71.7 Å². The summed E-state index contributed by atoms with van der Waals surface area (Å²) in [5.74, 6) is -0.534. The van der Waals surface area contributed by atoms with Gasteiger partial charge in [0.15, 0.2) is 11.6 Å². The van der Waals surface area contributed by atoms with Gasteiger partial charge in [-0.25, -0.2) is 14.0 Å². The summed E-state index contributed by atoms with van der Waals surface area (Å²) in [6.45, 7) is 4.24. The number of nitrogens with one attached hydrogen (secondary N) is 4. The number of ether oxygens (including phenoxy) is 2. The second-order valence-electron chi connectivity index (χ2n) is 11.5. The predicted octanol–water partition coefficient (Wildman–Crippen LogP) is 5.40.